The maximum atomic E-state index is 12.3. The van der Waals surface area contributed by atoms with E-state index in [4.69, 9.17) is 9.05 Å². The van der Waals surface area contributed by atoms with Crippen molar-refractivity contribution in [3.05, 3.63) is 0 Å². The molecule has 15 heavy (non-hydrogen) atoms. The minimum absolute atomic E-state index is 0.00596. The van der Waals surface area contributed by atoms with Crippen LogP contribution in [0.4, 0.5) is 0 Å². The van der Waals surface area contributed by atoms with Crippen LogP contribution in [0, 0.1) is 0 Å². The highest BCUT2D eigenvalue weighted by Gasteiger charge is 2.27. The van der Waals surface area contributed by atoms with Crippen molar-refractivity contribution in [3.8, 4) is 0 Å². The quantitative estimate of drug-likeness (QED) is 0.592. The molecule has 2 atom stereocenters. The van der Waals surface area contributed by atoms with Gasteiger partial charge in [0.05, 0.1) is 12.2 Å². The number of rotatable bonds is 8. The van der Waals surface area contributed by atoms with Crippen LogP contribution < -0.4 is 0 Å². The van der Waals surface area contributed by atoms with Crippen molar-refractivity contribution in [1.82, 2.24) is 0 Å². The van der Waals surface area contributed by atoms with Gasteiger partial charge in [0, 0.05) is 6.16 Å². The standard InChI is InChI=1S/C11H25O3P/c1-6-9-15(12,13-10(4)7-2)14-11(5)8-3/h10-11H,6-9H2,1-5H3. The molecule has 3 nitrogen and oxygen atoms in total. The molecule has 0 aromatic heterocycles. The molecular weight excluding hydrogens is 211 g/mol. The zero-order valence-corrected chi connectivity index (χ0v) is 11.5. The van der Waals surface area contributed by atoms with E-state index >= 15 is 0 Å². The third-order valence-corrected chi connectivity index (χ3v) is 4.69. The molecule has 0 saturated heterocycles. The van der Waals surface area contributed by atoms with Gasteiger partial charge in [-0.1, -0.05) is 20.8 Å². The van der Waals surface area contributed by atoms with Crippen molar-refractivity contribution in [2.75, 3.05) is 6.16 Å². The van der Waals surface area contributed by atoms with Crippen molar-refractivity contribution in [2.45, 2.75) is 66.1 Å². The lowest BCUT2D eigenvalue weighted by atomic mass is 10.3. The van der Waals surface area contributed by atoms with E-state index in [0.29, 0.717) is 6.16 Å². The molecule has 0 saturated carbocycles. The van der Waals surface area contributed by atoms with E-state index < -0.39 is 7.60 Å². The first-order chi connectivity index (χ1) is 6.97. The molecule has 0 heterocycles. The lowest BCUT2D eigenvalue weighted by Gasteiger charge is -2.24. The molecule has 0 spiro atoms. The van der Waals surface area contributed by atoms with E-state index in [1.807, 2.05) is 34.6 Å². The van der Waals surface area contributed by atoms with Crippen molar-refractivity contribution in [3.63, 3.8) is 0 Å². The highest BCUT2D eigenvalue weighted by atomic mass is 31.2. The van der Waals surface area contributed by atoms with Crippen LogP contribution in [0.1, 0.15) is 53.9 Å². The predicted molar refractivity (Wildman–Crippen MR) is 64.4 cm³/mol. The van der Waals surface area contributed by atoms with E-state index in [-0.39, 0.29) is 12.2 Å². The summed E-state index contributed by atoms with van der Waals surface area (Å²) in [6.07, 6.45) is 3.07. The summed E-state index contributed by atoms with van der Waals surface area (Å²) in [5.74, 6) is 0. The van der Waals surface area contributed by atoms with Gasteiger partial charge in [0.15, 0.2) is 0 Å². The van der Waals surface area contributed by atoms with Crippen LogP contribution in [0.15, 0.2) is 0 Å². The molecule has 0 bridgehead atoms. The molecule has 0 rings (SSSR count). The van der Waals surface area contributed by atoms with Crippen LogP contribution >= 0.6 is 7.60 Å². The van der Waals surface area contributed by atoms with Gasteiger partial charge in [-0.3, -0.25) is 4.57 Å². The predicted octanol–water partition coefficient (Wildman–Crippen LogP) is 4.22. The molecule has 92 valence electrons. The zero-order chi connectivity index (χ0) is 11.9. The molecular formula is C11H25O3P. The van der Waals surface area contributed by atoms with Gasteiger partial charge in [-0.25, -0.2) is 0 Å². The first-order valence-corrected chi connectivity index (χ1v) is 7.66. The van der Waals surface area contributed by atoms with Crippen molar-refractivity contribution in [2.24, 2.45) is 0 Å². The normalized spacial score (nSPS) is 19.5. The Morgan fingerprint density at radius 2 is 1.40 bits per heavy atom. The Labute approximate surface area is 94.1 Å². The summed E-state index contributed by atoms with van der Waals surface area (Å²) in [5, 5.41) is 0. The van der Waals surface area contributed by atoms with Crippen LogP contribution in [0.5, 0.6) is 0 Å². The number of hydrogen-bond acceptors (Lipinski definition) is 3. The molecule has 0 amide bonds. The summed E-state index contributed by atoms with van der Waals surface area (Å²) >= 11 is 0. The van der Waals surface area contributed by atoms with Crippen LogP contribution in [-0.4, -0.2) is 18.4 Å². The second-order valence-electron chi connectivity index (χ2n) is 3.98. The summed E-state index contributed by atoms with van der Waals surface area (Å²) in [6, 6.07) is 0. The fourth-order valence-electron chi connectivity index (χ4n) is 1.10. The van der Waals surface area contributed by atoms with Gasteiger partial charge in [0.1, 0.15) is 0 Å². The highest BCUT2D eigenvalue weighted by molar-refractivity contribution is 7.53. The topological polar surface area (TPSA) is 35.5 Å². The zero-order valence-electron chi connectivity index (χ0n) is 10.7. The second-order valence-corrected chi connectivity index (χ2v) is 6.07. The third-order valence-electron chi connectivity index (χ3n) is 2.33. The Morgan fingerprint density at radius 1 is 1.00 bits per heavy atom. The summed E-state index contributed by atoms with van der Waals surface area (Å²) in [7, 11) is -2.86. The summed E-state index contributed by atoms with van der Waals surface area (Å²) in [4.78, 5) is 0. The molecule has 0 aliphatic carbocycles. The molecule has 0 N–H and O–H groups in total. The van der Waals surface area contributed by atoms with Gasteiger partial charge in [-0.2, -0.15) is 0 Å². The molecule has 0 radical (unpaired) electrons. The summed E-state index contributed by atoms with van der Waals surface area (Å²) in [5.41, 5.74) is 0. The fourth-order valence-corrected chi connectivity index (χ4v) is 3.30. The Kier molecular flexibility index (Phi) is 7.50. The molecule has 2 unspecified atom stereocenters. The van der Waals surface area contributed by atoms with Gasteiger partial charge < -0.3 is 9.05 Å². The van der Waals surface area contributed by atoms with Gasteiger partial charge in [0.2, 0.25) is 0 Å². The summed E-state index contributed by atoms with van der Waals surface area (Å²) in [6.45, 7) is 9.89. The molecule has 0 aromatic rings. The smallest absolute Gasteiger partial charge is 0.306 e. The van der Waals surface area contributed by atoms with Crippen molar-refractivity contribution in [1.29, 1.82) is 0 Å². The third kappa shape index (κ3) is 6.34. The van der Waals surface area contributed by atoms with Gasteiger partial charge in [0.25, 0.3) is 0 Å². The Balaban J connectivity index is 4.37. The first kappa shape index (κ1) is 15.2. The average Bonchev–Trinajstić information content (AvgIpc) is 2.17. The highest BCUT2D eigenvalue weighted by Crippen LogP contribution is 2.51. The minimum Gasteiger partial charge on any atom is -0.306 e. The largest absolute Gasteiger partial charge is 0.331 e. The molecule has 0 aromatic carbocycles. The lowest BCUT2D eigenvalue weighted by molar-refractivity contribution is 0.124. The van der Waals surface area contributed by atoms with E-state index in [1.165, 1.54) is 0 Å². The van der Waals surface area contributed by atoms with E-state index in [1.54, 1.807) is 0 Å². The van der Waals surface area contributed by atoms with E-state index in [2.05, 4.69) is 0 Å². The fraction of sp³-hybridized carbons (Fsp3) is 1.00. The summed E-state index contributed by atoms with van der Waals surface area (Å²) < 4.78 is 23.4. The van der Waals surface area contributed by atoms with E-state index in [0.717, 1.165) is 19.3 Å². The Bertz CT molecular complexity index is 190. The molecule has 0 aliphatic rings. The van der Waals surface area contributed by atoms with Gasteiger partial charge in [-0.15, -0.1) is 0 Å². The Morgan fingerprint density at radius 3 is 1.67 bits per heavy atom. The van der Waals surface area contributed by atoms with Crippen molar-refractivity contribution >= 4 is 7.60 Å². The SMILES string of the molecule is CCCP(=O)(OC(C)CC)OC(C)CC. The maximum absolute atomic E-state index is 12.3. The number of hydrogen-bond donors (Lipinski definition) is 0. The van der Waals surface area contributed by atoms with Crippen molar-refractivity contribution < 1.29 is 13.6 Å². The maximum Gasteiger partial charge on any atom is 0.331 e. The minimum atomic E-state index is -2.86. The monoisotopic (exact) mass is 236 g/mol. The van der Waals surface area contributed by atoms with Crippen LogP contribution in [-0.2, 0) is 13.6 Å². The Hall–Kier alpha value is 0.150. The average molecular weight is 236 g/mol. The lowest BCUT2D eigenvalue weighted by Crippen LogP contribution is -2.13. The van der Waals surface area contributed by atoms with Crippen LogP contribution in [0.2, 0.25) is 0 Å². The van der Waals surface area contributed by atoms with E-state index in [9.17, 15) is 4.57 Å². The molecule has 0 aliphatic heterocycles. The van der Waals surface area contributed by atoms with Crippen LogP contribution in [0.3, 0.4) is 0 Å². The molecule has 4 heteroatoms. The second kappa shape index (κ2) is 7.43. The molecule has 0 fully saturated rings. The van der Waals surface area contributed by atoms with Gasteiger partial charge in [-0.05, 0) is 33.1 Å². The van der Waals surface area contributed by atoms with Crippen LogP contribution in [0.25, 0.3) is 0 Å². The first-order valence-electron chi connectivity index (χ1n) is 5.93. The van der Waals surface area contributed by atoms with Gasteiger partial charge >= 0.3 is 7.60 Å².